The Morgan fingerprint density at radius 2 is 1.97 bits per heavy atom. The van der Waals surface area contributed by atoms with Gasteiger partial charge >= 0.3 is 0 Å². The van der Waals surface area contributed by atoms with E-state index < -0.39 is 5.54 Å². The van der Waals surface area contributed by atoms with E-state index in [1.807, 2.05) is 28.8 Å². The number of benzene rings is 1. The first kappa shape index (κ1) is 20.0. The highest BCUT2D eigenvalue weighted by Crippen LogP contribution is 2.33. The summed E-state index contributed by atoms with van der Waals surface area (Å²) in [5.74, 6) is 0.190. The third kappa shape index (κ3) is 3.44. The molecule has 1 aliphatic rings. The number of carbonyl (C=O) groups is 2. The van der Waals surface area contributed by atoms with Crippen molar-refractivity contribution in [3.8, 4) is 11.5 Å². The Hall–Kier alpha value is -3.25. The van der Waals surface area contributed by atoms with E-state index in [2.05, 4.69) is 11.9 Å². The minimum atomic E-state index is -1.09. The highest BCUT2D eigenvalue weighted by molar-refractivity contribution is 6.30. The number of furan rings is 1. The van der Waals surface area contributed by atoms with Gasteiger partial charge in [0, 0.05) is 18.1 Å². The molecule has 1 atom stereocenters. The van der Waals surface area contributed by atoms with Crippen molar-refractivity contribution in [2.75, 3.05) is 6.54 Å². The van der Waals surface area contributed by atoms with Gasteiger partial charge in [-0.1, -0.05) is 29.8 Å². The van der Waals surface area contributed by atoms with Gasteiger partial charge in [0.05, 0.1) is 18.5 Å². The first-order valence-electron chi connectivity index (χ1n) is 9.63. The summed E-state index contributed by atoms with van der Waals surface area (Å²) < 4.78 is 7.37. The van der Waals surface area contributed by atoms with Crippen LogP contribution in [0.15, 0.2) is 71.9 Å². The van der Waals surface area contributed by atoms with Crippen LogP contribution in [0, 0.1) is 0 Å². The molecular weight excluding hydrogens is 402 g/mol. The molecule has 2 amide bonds. The van der Waals surface area contributed by atoms with Gasteiger partial charge in [-0.3, -0.25) is 9.59 Å². The zero-order chi connectivity index (χ0) is 21.3. The van der Waals surface area contributed by atoms with Crippen molar-refractivity contribution in [1.82, 2.24) is 14.8 Å². The summed E-state index contributed by atoms with van der Waals surface area (Å²) >= 11 is 5.93. The summed E-state index contributed by atoms with van der Waals surface area (Å²) in [6.07, 6.45) is 3.22. The maximum absolute atomic E-state index is 13.3. The highest BCUT2D eigenvalue weighted by Gasteiger charge is 2.47. The fourth-order valence-corrected chi connectivity index (χ4v) is 3.93. The molecule has 6 nitrogen and oxygen atoms in total. The van der Waals surface area contributed by atoms with Crippen molar-refractivity contribution >= 4 is 23.4 Å². The van der Waals surface area contributed by atoms with Crippen LogP contribution < -0.4 is 5.32 Å². The number of fused-ring (bicyclic) bond motifs is 1. The first-order valence-corrected chi connectivity index (χ1v) is 10.0. The third-order valence-corrected chi connectivity index (χ3v) is 5.70. The van der Waals surface area contributed by atoms with Gasteiger partial charge in [-0.2, -0.15) is 0 Å². The SMILES string of the molecule is C=CCN1C(=O)c2ccc(-c3ccco3)n2C[C@@]1(C)C(=O)NCc1ccc(Cl)cc1. The van der Waals surface area contributed by atoms with E-state index in [0.717, 1.165) is 11.3 Å². The molecule has 0 unspecified atom stereocenters. The second kappa shape index (κ2) is 7.88. The van der Waals surface area contributed by atoms with Crippen molar-refractivity contribution in [3.63, 3.8) is 0 Å². The van der Waals surface area contributed by atoms with Gasteiger partial charge in [0.2, 0.25) is 5.91 Å². The zero-order valence-corrected chi connectivity index (χ0v) is 17.4. The van der Waals surface area contributed by atoms with Gasteiger partial charge in [0.1, 0.15) is 17.0 Å². The standard InChI is InChI=1S/C23H22ClN3O3/c1-3-12-27-21(28)19-11-10-18(20-5-4-13-30-20)26(19)15-23(27,2)22(29)25-14-16-6-8-17(24)9-7-16/h3-11,13H,1,12,14-15H2,2H3,(H,25,29)/t23-/m0/s1. The smallest absolute Gasteiger partial charge is 0.271 e. The molecule has 0 saturated heterocycles. The highest BCUT2D eigenvalue weighted by atomic mass is 35.5. The maximum atomic E-state index is 13.3. The average Bonchev–Trinajstić information content (AvgIpc) is 3.40. The number of hydrogen-bond acceptors (Lipinski definition) is 3. The molecular formula is C23H22ClN3O3. The number of nitrogens with one attached hydrogen (secondary N) is 1. The van der Waals surface area contributed by atoms with Gasteiger partial charge < -0.3 is 19.2 Å². The van der Waals surface area contributed by atoms with E-state index in [1.165, 1.54) is 0 Å². The summed E-state index contributed by atoms with van der Waals surface area (Å²) in [5, 5.41) is 3.60. The first-order chi connectivity index (χ1) is 14.4. The normalized spacial score (nSPS) is 18.2. The van der Waals surface area contributed by atoms with Crippen LogP contribution in [-0.4, -0.2) is 33.4 Å². The molecule has 3 aromatic rings. The lowest BCUT2D eigenvalue weighted by atomic mass is 9.94. The summed E-state index contributed by atoms with van der Waals surface area (Å²) in [7, 11) is 0. The van der Waals surface area contributed by atoms with Crippen molar-refractivity contribution < 1.29 is 14.0 Å². The molecule has 4 rings (SSSR count). The number of nitrogens with zero attached hydrogens (tertiary/aromatic N) is 2. The Bertz CT molecular complexity index is 1090. The fourth-order valence-electron chi connectivity index (χ4n) is 3.80. The molecule has 7 heteroatoms. The Morgan fingerprint density at radius 3 is 2.63 bits per heavy atom. The van der Waals surface area contributed by atoms with Crippen LogP contribution in [0.5, 0.6) is 0 Å². The minimum absolute atomic E-state index is 0.219. The van der Waals surface area contributed by atoms with Crippen molar-refractivity contribution in [2.24, 2.45) is 0 Å². The summed E-state index contributed by atoms with van der Waals surface area (Å²) in [6.45, 7) is 6.45. The molecule has 0 spiro atoms. The zero-order valence-electron chi connectivity index (χ0n) is 16.6. The largest absolute Gasteiger partial charge is 0.463 e. The van der Waals surface area contributed by atoms with Crippen LogP contribution in [0.2, 0.25) is 5.02 Å². The van der Waals surface area contributed by atoms with Crippen LogP contribution in [-0.2, 0) is 17.9 Å². The third-order valence-electron chi connectivity index (χ3n) is 5.45. The number of hydrogen-bond donors (Lipinski definition) is 1. The summed E-state index contributed by atoms with van der Waals surface area (Å²) in [5.41, 5.74) is 1.11. The molecule has 1 N–H and O–H groups in total. The molecule has 0 aliphatic carbocycles. The predicted octanol–water partition coefficient (Wildman–Crippen LogP) is 4.12. The maximum Gasteiger partial charge on any atom is 0.271 e. The topological polar surface area (TPSA) is 67.5 Å². The van der Waals surface area contributed by atoms with E-state index in [1.54, 1.807) is 48.4 Å². The van der Waals surface area contributed by atoms with E-state index in [0.29, 0.717) is 29.6 Å². The summed E-state index contributed by atoms with van der Waals surface area (Å²) in [4.78, 5) is 28.1. The minimum Gasteiger partial charge on any atom is -0.463 e. The van der Waals surface area contributed by atoms with Crippen molar-refractivity contribution in [2.45, 2.75) is 25.6 Å². The molecule has 0 radical (unpaired) electrons. The van der Waals surface area contributed by atoms with Gasteiger partial charge in [0.25, 0.3) is 5.91 Å². The van der Waals surface area contributed by atoms with Gasteiger partial charge in [-0.15, -0.1) is 6.58 Å². The quantitative estimate of drug-likeness (QED) is 0.606. The predicted molar refractivity (Wildman–Crippen MR) is 115 cm³/mol. The van der Waals surface area contributed by atoms with E-state index in [-0.39, 0.29) is 18.4 Å². The average molecular weight is 424 g/mol. The lowest BCUT2D eigenvalue weighted by Gasteiger charge is -2.43. The molecule has 1 aromatic carbocycles. The lowest BCUT2D eigenvalue weighted by Crippen LogP contribution is -2.63. The molecule has 0 fully saturated rings. The van der Waals surface area contributed by atoms with E-state index >= 15 is 0 Å². The lowest BCUT2D eigenvalue weighted by molar-refractivity contribution is -0.132. The second-order valence-corrected chi connectivity index (χ2v) is 7.89. The monoisotopic (exact) mass is 423 g/mol. The van der Waals surface area contributed by atoms with Crippen LogP contribution in [0.25, 0.3) is 11.5 Å². The number of rotatable bonds is 6. The Labute approximate surface area is 179 Å². The van der Waals surface area contributed by atoms with Crippen LogP contribution in [0.3, 0.4) is 0 Å². The molecule has 30 heavy (non-hydrogen) atoms. The van der Waals surface area contributed by atoms with Crippen LogP contribution in [0.1, 0.15) is 23.0 Å². The van der Waals surface area contributed by atoms with Crippen LogP contribution in [0.4, 0.5) is 0 Å². The Kier molecular flexibility index (Phi) is 5.26. The second-order valence-electron chi connectivity index (χ2n) is 7.45. The molecule has 1 aliphatic heterocycles. The molecule has 2 aromatic heterocycles. The van der Waals surface area contributed by atoms with Crippen molar-refractivity contribution in [1.29, 1.82) is 0 Å². The van der Waals surface area contributed by atoms with Crippen LogP contribution >= 0.6 is 11.6 Å². The molecule has 154 valence electrons. The van der Waals surface area contributed by atoms with Gasteiger partial charge in [-0.05, 0) is 48.9 Å². The van der Waals surface area contributed by atoms with Gasteiger partial charge in [-0.25, -0.2) is 0 Å². The number of aromatic nitrogens is 1. The molecule has 0 bridgehead atoms. The molecule has 3 heterocycles. The Balaban J connectivity index is 1.65. The number of amides is 2. The molecule has 0 saturated carbocycles. The number of carbonyl (C=O) groups excluding carboxylic acids is 2. The fraction of sp³-hybridized carbons (Fsp3) is 0.217. The van der Waals surface area contributed by atoms with E-state index in [9.17, 15) is 9.59 Å². The summed E-state index contributed by atoms with van der Waals surface area (Å²) in [6, 6.07) is 14.5. The Morgan fingerprint density at radius 1 is 1.23 bits per heavy atom. The van der Waals surface area contributed by atoms with Gasteiger partial charge in [0.15, 0.2) is 0 Å². The number of halogens is 1. The van der Waals surface area contributed by atoms with Crippen molar-refractivity contribution in [3.05, 3.63) is 83.7 Å². The van der Waals surface area contributed by atoms with E-state index in [4.69, 9.17) is 16.0 Å².